The fourth-order valence-electron chi connectivity index (χ4n) is 1.10. The second-order valence-electron chi connectivity index (χ2n) is 4.14. The van der Waals surface area contributed by atoms with Gasteiger partial charge in [0.1, 0.15) is 12.8 Å². The van der Waals surface area contributed by atoms with Crippen LogP contribution in [0.5, 0.6) is 0 Å². The van der Waals surface area contributed by atoms with E-state index in [-0.39, 0.29) is 17.5 Å². The number of halogens is 3. The van der Waals surface area contributed by atoms with E-state index >= 15 is 0 Å². The van der Waals surface area contributed by atoms with Crippen molar-refractivity contribution in [2.45, 2.75) is 26.1 Å². The molecule has 1 aromatic rings. The fourth-order valence-corrected chi connectivity index (χ4v) is 1.10. The fraction of sp³-hybridized carbons (Fsp3) is 0.600. The van der Waals surface area contributed by atoms with Gasteiger partial charge in [0.25, 0.3) is 5.91 Å². The summed E-state index contributed by atoms with van der Waals surface area (Å²) in [6.07, 6.45) is -3.47. The maximum atomic E-state index is 11.9. The smallest absolute Gasteiger partial charge is 0.405 e. The molecular weight excluding hydrogens is 251 g/mol. The molecule has 0 aliphatic heterocycles. The van der Waals surface area contributed by atoms with Gasteiger partial charge in [-0.2, -0.15) is 13.2 Å². The van der Waals surface area contributed by atoms with Crippen LogP contribution in [0.15, 0.2) is 10.7 Å². The third-order valence-corrected chi connectivity index (χ3v) is 2.21. The monoisotopic (exact) mass is 265 g/mol. The number of aromatic nitrogens is 1. The lowest BCUT2D eigenvalue weighted by Crippen LogP contribution is -2.33. The average Bonchev–Trinajstić information content (AvgIpc) is 2.72. The van der Waals surface area contributed by atoms with E-state index < -0.39 is 24.7 Å². The maximum absolute atomic E-state index is 11.9. The first-order valence-corrected chi connectivity index (χ1v) is 5.26. The second-order valence-corrected chi connectivity index (χ2v) is 4.14. The Morgan fingerprint density at radius 1 is 1.56 bits per heavy atom. The van der Waals surface area contributed by atoms with Crippen LogP contribution in [-0.4, -0.2) is 23.6 Å². The number of hydrogen-bond acceptors (Lipinski definition) is 4. The number of nitrogens with two attached hydrogens (primary N) is 1. The predicted octanol–water partition coefficient (Wildman–Crippen LogP) is 1.62. The molecule has 0 aromatic carbocycles. The lowest BCUT2D eigenvalue weighted by Gasteiger charge is -2.10. The number of nitrogens with zero attached hydrogens (tertiary/aromatic N) is 1. The summed E-state index contributed by atoms with van der Waals surface area (Å²) in [5.74, 6) is -0.782. The highest BCUT2D eigenvalue weighted by atomic mass is 19.4. The van der Waals surface area contributed by atoms with Crippen LogP contribution in [0, 0.1) is 5.92 Å². The molecule has 5 nitrogen and oxygen atoms in total. The van der Waals surface area contributed by atoms with E-state index in [0.29, 0.717) is 0 Å². The Morgan fingerprint density at radius 2 is 2.17 bits per heavy atom. The zero-order valence-corrected chi connectivity index (χ0v) is 9.91. The van der Waals surface area contributed by atoms with Crippen molar-refractivity contribution in [1.82, 2.24) is 10.3 Å². The molecule has 1 aromatic heterocycles. The normalized spacial score (nSPS) is 13.7. The van der Waals surface area contributed by atoms with Crippen molar-refractivity contribution in [3.05, 3.63) is 17.8 Å². The van der Waals surface area contributed by atoms with E-state index in [0.717, 1.165) is 6.26 Å². The van der Waals surface area contributed by atoms with Crippen LogP contribution in [0.4, 0.5) is 13.2 Å². The highest BCUT2D eigenvalue weighted by Crippen LogP contribution is 2.18. The second kappa shape index (κ2) is 5.38. The van der Waals surface area contributed by atoms with Crippen molar-refractivity contribution in [3.63, 3.8) is 0 Å². The highest BCUT2D eigenvalue weighted by Gasteiger charge is 2.28. The molecule has 0 aliphatic rings. The molecule has 0 saturated heterocycles. The third-order valence-electron chi connectivity index (χ3n) is 2.21. The summed E-state index contributed by atoms with van der Waals surface area (Å²) in [5.41, 5.74) is 5.51. The predicted molar refractivity (Wildman–Crippen MR) is 56.7 cm³/mol. The first kappa shape index (κ1) is 14.5. The first-order valence-electron chi connectivity index (χ1n) is 5.26. The van der Waals surface area contributed by atoms with Crippen LogP contribution in [0.1, 0.15) is 36.3 Å². The molecule has 1 heterocycles. The van der Waals surface area contributed by atoms with E-state index in [2.05, 4.69) is 4.98 Å². The minimum atomic E-state index is -4.46. The summed E-state index contributed by atoms with van der Waals surface area (Å²) >= 11 is 0. The molecule has 0 aliphatic carbocycles. The number of nitrogens with one attached hydrogen (secondary N) is 1. The molecule has 0 bridgehead atoms. The van der Waals surface area contributed by atoms with Gasteiger partial charge < -0.3 is 15.5 Å². The molecule has 1 rings (SSSR count). The van der Waals surface area contributed by atoms with Crippen molar-refractivity contribution >= 4 is 5.91 Å². The van der Waals surface area contributed by atoms with Gasteiger partial charge in [-0.25, -0.2) is 4.98 Å². The Bertz CT molecular complexity index is 415. The summed E-state index contributed by atoms with van der Waals surface area (Å²) in [5, 5.41) is 1.69. The number of amides is 1. The summed E-state index contributed by atoms with van der Waals surface area (Å²) < 4.78 is 40.6. The molecule has 8 heteroatoms. The molecule has 0 spiro atoms. The molecule has 1 unspecified atom stereocenters. The van der Waals surface area contributed by atoms with E-state index in [4.69, 9.17) is 10.2 Å². The molecule has 0 radical (unpaired) electrons. The number of hydrogen-bond donors (Lipinski definition) is 2. The number of rotatable bonds is 4. The van der Waals surface area contributed by atoms with Crippen molar-refractivity contribution in [3.8, 4) is 0 Å². The minimum Gasteiger partial charge on any atom is -0.446 e. The molecule has 1 amide bonds. The third kappa shape index (κ3) is 4.02. The molecule has 0 fully saturated rings. The molecule has 1 atom stereocenters. The van der Waals surface area contributed by atoms with Gasteiger partial charge in [-0.15, -0.1) is 0 Å². The molecular formula is C10H14F3N3O2. The van der Waals surface area contributed by atoms with Gasteiger partial charge in [0.2, 0.25) is 5.89 Å². The van der Waals surface area contributed by atoms with Crippen LogP contribution in [0.2, 0.25) is 0 Å². The number of carbonyl (C=O) groups excluding carboxylic acids is 1. The largest absolute Gasteiger partial charge is 0.446 e. The van der Waals surface area contributed by atoms with Gasteiger partial charge in [-0.1, -0.05) is 13.8 Å². The lowest BCUT2D eigenvalue weighted by molar-refractivity contribution is -0.123. The highest BCUT2D eigenvalue weighted by molar-refractivity contribution is 5.91. The van der Waals surface area contributed by atoms with Crippen molar-refractivity contribution in [2.24, 2.45) is 11.7 Å². The Balaban J connectivity index is 2.65. The van der Waals surface area contributed by atoms with Crippen LogP contribution >= 0.6 is 0 Å². The van der Waals surface area contributed by atoms with E-state index in [1.54, 1.807) is 5.32 Å². The van der Waals surface area contributed by atoms with Gasteiger partial charge in [0.15, 0.2) is 5.69 Å². The zero-order valence-electron chi connectivity index (χ0n) is 9.91. The van der Waals surface area contributed by atoms with Gasteiger partial charge in [-0.05, 0) is 5.92 Å². The summed E-state index contributed by atoms with van der Waals surface area (Å²) in [6, 6.07) is -0.505. The van der Waals surface area contributed by atoms with Crippen LogP contribution in [0.3, 0.4) is 0 Å². The Hall–Kier alpha value is -1.57. The van der Waals surface area contributed by atoms with Gasteiger partial charge in [-0.3, -0.25) is 4.79 Å². The van der Waals surface area contributed by atoms with Crippen LogP contribution in [-0.2, 0) is 0 Å². The van der Waals surface area contributed by atoms with Gasteiger partial charge in [0.05, 0.1) is 6.04 Å². The Morgan fingerprint density at radius 3 is 2.67 bits per heavy atom. The molecule has 0 saturated carbocycles. The van der Waals surface area contributed by atoms with Crippen molar-refractivity contribution in [1.29, 1.82) is 0 Å². The van der Waals surface area contributed by atoms with Crippen LogP contribution < -0.4 is 11.1 Å². The Kier molecular flexibility index (Phi) is 4.33. The molecule has 18 heavy (non-hydrogen) atoms. The SMILES string of the molecule is CC(C)C(N)c1nc(C(=O)NCC(F)(F)F)co1. The molecule has 102 valence electrons. The number of carbonyl (C=O) groups is 1. The first-order chi connectivity index (χ1) is 8.20. The van der Waals surface area contributed by atoms with Crippen LogP contribution in [0.25, 0.3) is 0 Å². The molecule has 3 N–H and O–H groups in total. The quantitative estimate of drug-likeness (QED) is 0.866. The lowest BCUT2D eigenvalue weighted by atomic mass is 10.1. The zero-order chi connectivity index (χ0) is 13.9. The number of alkyl halides is 3. The van der Waals surface area contributed by atoms with Gasteiger partial charge >= 0.3 is 6.18 Å². The maximum Gasteiger partial charge on any atom is 0.405 e. The summed E-state index contributed by atoms with van der Waals surface area (Å²) in [7, 11) is 0. The van der Waals surface area contributed by atoms with Crippen molar-refractivity contribution in [2.75, 3.05) is 6.54 Å². The van der Waals surface area contributed by atoms with E-state index in [1.165, 1.54) is 0 Å². The summed E-state index contributed by atoms with van der Waals surface area (Å²) in [4.78, 5) is 15.1. The van der Waals surface area contributed by atoms with Gasteiger partial charge in [0, 0.05) is 0 Å². The Labute approximate surface area is 102 Å². The number of oxazole rings is 1. The standard InChI is InChI=1S/C10H14F3N3O2/c1-5(2)7(14)9-16-6(3-18-9)8(17)15-4-10(11,12)13/h3,5,7H,4,14H2,1-2H3,(H,15,17). The van der Waals surface area contributed by atoms with Crippen molar-refractivity contribution < 1.29 is 22.4 Å². The average molecular weight is 265 g/mol. The minimum absolute atomic E-state index is 0.0368. The van der Waals surface area contributed by atoms with E-state index in [1.807, 2.05) is 13.8 Å². The topological polar surface area (TPSA) is 81.1 Å². The van der Waals surface area contributed by atoms with E-state index in [9.17, 15) is 18.0 Å². The summed E-state index contributed by atoms with van der Waals surface area (Å²) in [6.45, 7) is 2.25.